The molecule has 0 aromatic carbocycles. The van der Waals surface area contributed by atoms with Crippen LogP contribution in [0.1, 0.15) is 284 Å². The van der Waals surface area contributed by atoms with Crippen molar-refractivity contribution in [2.45, 2.75) is 290 Å². The zero-order valence-electron chi connectivity index (χ0n) is 40.2. The number of allylic oxidation sites excluding steroid dienone is 4. The van der Waals surface area contributed by atoms with Crippen LogP contribution in [0.25, 0.3) is 0 Å². The summed E-state index contributed by atoms with van der Waals surface area (Å²) in [5.41, 5.74) is 0. The summed E-state index contributed by atoms with van der Waals surface area (Å²) in [5.74, 6) is -0.870. The van der Waals surface area contributed by atoms with E-state index in [0.29, 0.717) is 19.3 Å². The Labute approximate surface area is 373 Å². The smallest absolute Gasteiger partial charge is 0.306 e. The van der Waals surface area contributed by atoms with E-state index in [1.54, 1.807) is 0 Å². The molecule has 1 atom stereocenters. The summed E-state index contributed by atoms with van der Waals surface area (Å²) in [4.78, 5) is 38.0. The molecular weight excluding hydrogens is 745 g/mol. The average Bonchev–Trinajstić information content (AvgIpc) is 3.24. The van der Waals surface area contributed by atoms with Crippen molar-refractivity contribution < 1.29 is 28.6 Å². The molecule has 0 saturated heterocycles. The van der Waals surface area contributed by atoms with E-state index in [4.69, 9.17) is 14.2 Å². The second-order valence-corrected chi connectivity index (χ2v) is 17.8. The number of rotatable bonds is 48. The van der Waals surface area contributed by atoms with Crippen molar-refractivity contribution >= 4 is 17.9 Å². The van der Waals surface area contributed by atoms with Crippen LogP contribution < -0.4 is 0 Å². The highest BCUT2D eigenvalue weighted by Gasteiger charge is 2.19. The normalized spacial score (nSPS) is 12.1. The van der Waals surface area contributed by atoms with E-state index >= 15 is 0 Å². The molecule has 0 saturated carbocycles. The predicted molar refractivity (Wildman–Crippen MR) is 256 cm³/mol. The maximum Gasteiger partial charge on any atom is 0.306 e. The molecule has 0 N–H and O–H groups in total. The van der Waals surface area contributed by atoms with E-state index < -0.39 is 6.10 Å². The molecular formula is C54H100O6. The van der Waals surface area contributed by atoms with Crippen molar-refractivity contribution in [2.24, 2.45) is 0 Å². The van der Waals surface area contributed by atoms with Gasteiger partial charge in [0.15, 0.2) is 6.10 Å². The van der Waals surface area contributed by atoms with Gasteiger partial charge < -0.3 is 14.2 Å². The third-order valence-electron chi connectivity index (χ3n) is 11.7. The number of carbonyl (C=O) groups excluding carboxylic acids is 3. The minimum absolute atomic E-state index is 0.0707. The molecule has 60 heavy (non-hydrogen) atoms. The van der Waals surface area contributed by atoms with Crippen LogP contribution in [0.15, 0.2) is 24.3 Å². The maximum atomic E-state index is 12.8. The van der Waals surface area contributed by atoms with Gasteiger partial charge in [0, 0.05) is 19.3 Å². The number of ether oxygens (including phenoxy) is 3. The number of hydrogen-bond donors (Lipinski definition) is 0. The van der Waals surface area contributed by atoms with Gasteiger partial charge in [-0.1, -0.05) is 238 Å². The fraction of sp³-hybridized carbons (Fsp3) is 0.870. The molecule has 0 unspecified atom stereocenters. The van der Waals surface area contributed by atoms with Crippen LogP contribution in [0.5, 0.6) is 0 Å². The predicted octanol–water partition coefficient (Wildman–Crippen LogP) is 17.2. The summed E-state index contributed by atoms with van der Waals surface area (Å²) in [6.45, 7) is 6.63. The Hall–Kier alpha value is -2.11. The molecule has 0 aliphatic heterocycles. The zero-order chi connectivity index (χ0) is 43.7. The van der Waals surface area contributed by atoms with Crippen molar-refractivity contribution in [1.29, 1.82) is 0 Å². The van der Waals surface area contributed by atoms with Crippen LogP contribution in [0.3, 0.4) is 0 Å². The van der Waals surface area contributed by atoms with Gasteiger partial charge in [-0.05, 0) is 51.4 Å². The Balaban J connectivity index is 4.35. The second kappa shape index (κ2) is 49.5. The molecule has 6 nitrogen and oxygen atoms in total. The lowest BCUT2D eigenvalue weighted by molar-refractivity contribution is -0.167. The molecule has 0 aliphatic rings. The standard InChI is InChI=1S/C54H100O6/c1-4-7-10-13-16-19-22-25-27-30-32-35-38-41-44-47-53(56)59-50-51(60-54(57)48-45-42-39-36-33-28-24-21-18-15-12-9-6-3)49-58-52(55)46-43-40-37-34-31-29-26-23-20-17-14-11-8-5-2/h16,19,25,27,51H,4-15,17-18,20-24,26,28-50H2,1-3H3/b19-16-,27-25-/t51-/m0/s1. The van der Waals surface area contributed by atoms with E-state index in [-0.39, 0.29) is 31.1 Å². The van der Waals surface area contributed by atoms with Crippen LogP contribution in [-0.4, -0.2) is 37.2 Å². The minimum atomic E-state index is -0.770. The fourth-order valence-electron chi connectivity index (χ4n) is 7.71. The van der Waals surface area contributed by atoms with Crippen molar-refractivity contribution in [2.75, 3.05) is 13.2 Å². The molecule has 0 aromatic rings. The maximum absolute atomic E-state index is 12.8. The molecule has 6 heteroatoms. The van der Waals surface area contributed by atoms with Gasteiger partial charge in [-0.25, -0.2) is 0 Å². The van der Waals surface area contributed by atoms with Gasteiger partial charge in [-0.3, -0.25) is 14.4 Å². The van der Waals surface area contributed by atoms with Crippen molar-refractivity contribution in [3.63, 3.8) is 0 Å². The van der Waals surface area contributed by atoms with Gasteiger partial charge in [-0.2, -0.15) is 0 Å². The van der Waals surface area contributed by atoms with Gasteiger partial charge in [-0.15, -0.1) is 0 Å². The van der Waals surface area contributed by atoms with Crippen molar-refractivity contribution in [3.8, 4) is 0 Å². The molecule has 352 valence electrons. The summed E-state index contributed by atoms with van der Waals surface area (Å²) in [6.07, 6.45) is 55.8. The molecule has 0 spiro atoms. The van der Waals surface area contributed by atoms with Crippen LogP contribution >= 0.6 is 0 Å². The van der Waals surface area contributed by atoms with E-state index in [9.17, 15) is 14.4 Å². The van der Waals surface area contributed by atoms with Crippen LogP contribution in [-0.2, 0) is 28.6 Å². The lowest BCUT2D eigenvalue weighted by Crippen LogP contribution is -2.30. The number of esters is 3. The van der Waals surface area contributed by atoms with Gasteiger partial charge in [0.1, 0.15) is 13.2 Å². The monoisotopic (exact) mass is 845 g/mol. The topological polar surface area (TPSA) is 78.9 Å². The highest BCUT2D eigenvalue weighted by atomic mass is 16.6. The third kappa shape index (κ3) is 46.9. The van der Waals surface area contributed by atoms with E-state index in [1.807, 2.05) is 0 Å². The summed E-state index contributed by atoms with van der Waals surface area (Å²) in [7, 11) is 0. The minimum Gasteiger partial charge on any atom is -0.462 e. The lowest BCUT2D eigenvalue weighted by atomic mass is 10.0. The van der Waals surface area contributed by atoms with Crippen molar-refractivity contribution in [3.05, 3.63) is 24.3 Å². The molecule has 0 fully saturated rings. The summed E-state index contributed by atoms with van der Waals surface area (Å²) in [6, 6.07) is 0. The molecule has 0 bridgehead atoms. The van der Waals surface area contributed by atoms with Crippen LogP contribution in [0.4, 0.5) is 0 Å². The first-order valence-corrected chi connectivity index (χ1v) is 26.3. The van der Waals surface area contributed by atoms with E-state index in [2.05, 4.69) is 45.1 Å². The first kappa shape index (κ1) is 57.9. The molecule has 0 amide bonds. The summed E-state index contributed by atoms with van der Waals surface area (Å²) in [5, 5.41) is 0. The highest BCUT2D eigenvalue weighted by Crippen LogP contribution is 2.16. The zero-order valence-corrected chi connectivity index (χ0v) is 40.2. The largest absolute Gasteiger partial charge is 0.462 e. The fourth-order valence-corrected chi connectivity index (χ4v) is 7.71. The Morgan fingerprint density at radius 2 is 0.600 bits per heavy atom. The quantitative estimate of drug-likeness (QED) is 0.0263. The third-order valence-corrected chi connectivity index (χ3v) is 11.7. The molecule has 0 rings (SSSR count). The number of carbonyl (C=O) groups is 3. The first-order chi connectivity index (χ1) is 29.5. The summed E-state index contributed by atoms with van der Waals surface area (Å²) >= 11 is 0. The van der Waals surface area contributed by atoms with Crippen LogP contribution in [0.2, 0.25) is 0 Å². The Morgan fingerprint density at radius 3 is 0.950 bits per heavy atom. The molecule has 0 heterocycles. The van der Waals surface area contributed by atoms with Gasteiger partial charge in [0.25, 0.3) is 0 Å². The first-order valence-electron chi connectivity index (χ1n) is 26.3. The molecule has 0 radical (unpaired) electrons. The lowest BCUT2D eigenvalue weighted by Gasteiger charge is -2.18. The van der Waals surface area contributed by atoms with E-state index in [1.165, 1.54) is 167 Å². The number of hydrogen-bond acceptors (Lipinski definition) is 6. The molecule has 0 aromatic heterocycles. The number of unbranched alkanes of at least 4 members (excludes halogenated alkanes) is 33. The highest BCUT2D eigenvalue weighted by molar-refractivity contribution is 5.71. The Bertz CT molecular complexity index is 973. The van der Waals surface area contributed by atoms with Gasteiger partial charge in [0.05, 0.1) is 0 Å². The van der Waals surface area contributed by atoms with Gasteiger partial charge in [0.2, 0.25) is 0 Å². The summed E-state index contributed by atoms with van der Waals surface area (Å²) < 4.78 is 16.8. The average molecular weight is 845 g/mol. The molecule has 0 aliphatic carbocycles. The van der Waals surface area contributed by atoms with Crippen LogP contribution in [0, 0.1) is 0 Å². The van der Waals surface area contributed by atoms with Crippen molar-refractivity contribution in [1.82, 2.24) is 0 Å². The Morgan fingerprint density at radius 1 is 0.333 bits per heavy atom. The Kier molecular flexibility index (Phi) is 47.8. The SMILES string of the molecule is CCCCC/C=C\C/C=C\CCCCCCCC(=O)OC[C@H](COC(=O)CCCCCCCCCCCCCCCC)OC(=O)CCCCCCCCCCCCCCC. The van der Waals surface area contributed by atoms with Gasteiger partial charge >= 0.3 is 17.9 Å². The van der Waals surface area contributed by atoms with E-state index in [0.717, 1.165) is 77.0 Å². The second-order valence-electron chi connectivity index (χ2n) is 17.8.